The van der Waals surface area contributed by atoms with Gasteiger partial charge in [0.05, 0.1) is 12.1 Å². The summed E-state index contributed by atoms with van der Waals surface area (Å²) in [7, 11) is -0.913. The van der Waals surface area contributed by atoms with Crippen LogP contribution in [0.1, 0.15) is 52.0 Å². The smallest absolute Gasteiger partial charge is 0.191 e. The number of rotatable bonds is 12. The van der Waals surface area contributed by atoms with E-state index in [4.69, 9.17) is 0 Å². The van der Waals surface area contributed by atoms with Crippen molar-refractivity contribution in [3.05, 3.63) is 35.9 Å². The van der Waals surface area contributed by atoms with Crippen LogP contribution in [0.5, 0.6) is 0 Å². The number of benzene rings is 1. The maximum atomic E-state index is 12.2. The third-order valence-electron chi connectivity index (χ3n) is 4.10. The van der Waals surface area contributed by atoms with Crippen LogP contribution in [0.3, 0.4) is 0 Å². The number of aliphatic hydroxyl groups is 1. The Labute approximate surface area is 184 Å². The molecule has 7 heteroatoms. The van der Waals surface area contributed by atoms with Crippen LogP contribution in [0, 0.1) is 0 Å². The molecule has 0 saturated heterocycles. The summed E-state index contributed by atoms with van der Waals surface area (Å²) in [5, 5.41) is 17.1. The number of hydrogen-bond acceptors (Lipinski definition) is 3. The van der Waals surface area contributed by atoms with E-state index in [0.29, 0.717) is 30.6 Å². The summed E-state index contributed by atoms with van der Waals surface area (Å²) in [4.78, 5) is 4.55. The Bertz CT molecular complexity index is 549. The zero-order valence-electron chi connectivity index (χ0n) is 16.9. The van der Waals surface area contributed by atoms with Gasteiger partial charge in [0.25, 0.3) is 0 Å². The molecule has 1 atom stereocenters. The van der Waals surface area contributed by atoms with Crippen molar-refractivity contribution in [3.63, 3.8) is 0 Å². The standard InChI is InChI=1S/C20H35N3O2S.HI/c1-4-12-20(24,13-5-2)17-23-19(21-6-3)22-14-15-26(25)16-18-10-8-7-9-11-18;/h7-11,24H,4-6,12-17H2,1-3H3,(H2,21,22,23);1H. The molecule has 5 nitrogen and oxygen atoms in total. The molecule has 0 aliphatic carbocycles. The monoisotopic (exact) mass is 509 g/mol. The average Bonchev–Trinajstić information content (AvgIpc) is 2.61. The molecular formula is C20H36IN3O2S. The summed E-state index contributed by atoms with van der Waals surface area (Å²) >= 11 is 0. The molecule has 0 heterocycles. The van der Waals surface area contributed by atoms with Gasteiger partial charge in [0.1, 0.15) is 0 Å². The highest BCUT2D eigenvalue weighted by Crippen LogP contribution is 2.19. The van der Waals surface area contributed by atoms with Gasteiger partial charge in [-0.15, -0.1) is 24.0 Å². The Kier molecular flexibility index (Phi) is 14.9. The molecule has 0 bridgehead atoms. The SMILES string of the molecule is CCCC(O)(CCC)CN=C(NCC)NCCS(=O)Cc1ccccc1.I. The molecule has 0 aliphatic rings. The van der Waals surface area contributed by atoms with E-state index < -0.39 is 16.4 Å². The minimum absolute atomic E-state index is 0. The van der Waals surface area contributed by atoms with Crippen molar-refractivity contribution in [2.24, 2.45) is 4.99 Å². The van der Waals surface area contributed by atoms with Crippen molar-refractivity contribution >= 4 is 40.7 Å². The Morgan fingerprint density at radius 3 is 2.30 bits per heavy atom. The molecule has 156 valence electrons. The molecule has 0 saturated carbocycles. The zero-order valence-corrected chi connectivity index (χ0v) is 20.0. The summed E-state index contributed by atoms with van der Waals surface area (Å²) in [6.07, 6.45) is 3.39. The molecule has 1 rings (SSSR count). The van der Waals surface area contributed by atoms with Gasteiger partial charge in [-0.2, -0.15) is 0 Å². The van der Waals surface area contributed by atoms with Crippen LogP contribution < -0.4 is 10.6 Å². The summed E-state index contributed by atoms with van der Waals surface area (Å²) < 4.78 is 12.2. The van der Waals surface area contributed by atoms with Gasteiger partial charge in [0.15, 0.2) is 5.96 Å². The zero-order chi connectivity index (χ0) is 19.3. The van der Waals surface area contributed by atoms with Gasteiger partial charge >= 0.3 is 0 Å². The van der Waals surface area contributed by atoms with Gasteiger partial charge in [0, 0.05) is 35.4 Å². The van der Waals surface area contributed by atoms with E-state index in [1.54, 1.807) is 0 Å². The van der Waals surface area contributed by atoms with Crippen LogP contribution in [-0.2, 0) is 16.6 Å². The highest BCUT2D eigenvalue weighted by Gasteiger charge is 2.24. The summed E-state index contributed by atoms with van der Waals surface area (Å²) in [5.74, 6) is 1.81. The molecule has 0 fully saturated rings. The molecule has 0 radical (unpaired) electrons. The lowest BCUT2D eigenvalue weighted by atomic mass is 9.93. The third kappa shape index (κ3) is 11.7. The molecule has 0 spiro atoms. The Morgan fingerprint density at radius 2 is 1.74 bits per heavy atom. The normalized spacial score (nSPS) is 13.0. The van der Waals surface area contributed by atoms with E-state index in [1.165, 1.54) is 0 Å². The van der Waals surface area contributed by atoms with Gasteiger partial charge in [-0.05, 0) is 25.3 Å². The Hall–Kier alpha value is -0.670. The number of aliphatic imine (C=N–C) groups is 1. The molecule has 0 amide bonds. The number of guanidine groups is 1. The average molecular weight is 509 g/mol. The minimum atomic E-state index is -0.913. The predicted molar refractivity (Wildman–Crippen MR) is 127 cm³/mol. The highest BCUT2D eigenvalue weighted by molar-refractivity contribution is 14.0. The molecule has 1 aromatic rings. The van der Waals surface area contributed by atoms with Gasteiger partial charge in [-0.3, -0.25) is 9.20 Å². The Balaban J connectivity index is 0.00000676. The first kappa shape index (κ1) is 26.3. The van der Waals surface area contributed by atoms with Gasteiger partial charge in [0.2, 0.25) is 0 Å². The van der Waals surface area contributed by atoms with Crippen molar-refractivity contribution < 1.29 is 9.32 Å². The second-order valence-electron chi connectivity index (χ2n) is 6.62. The number of nitrogens with zero attached hydrogens (tertiary/aromatic N) is 1. The number of nitrogens with one attached hydrogen (secondary N) is 2. The van der Waals surface area contributed by atoms with Gasteiger partial charge in [-0.25, -0.2) is 0 Å². The van der Waals surface area contributed by atoms with E-state index in [9.17, 15) is 9.32 Å². The van der Waals surface area contributed by atoms with Crippen molar-refractivity contribution in [2.45, 2.75) is 57.8 Å². The minimum Gasteiger partial charge on any atom is -0.388 e. The second-order valence-corrected chi connectivity index (χ2v) is 8.20. The van der Waals surface area contributed by atoms with Crippen molar-refractivity contribution in [2.75, 3.05) is 25.4 Å². The lowest BCUT2D eigenvalue weighted by Gasteiger charge is -2.26. The highest BCUT2D eigenvalue weighted by atomic mass is 127. The molecule has 27 heavy (non-hydrogen) atoms. The topological polar surface area (TPSA) is 73.7 Å². The fraction of sp³-hybridized carbons (Fsp3) is 0.650. The van der Waals surface area contributed by atoms with Crippen molar-refractivity contribution in [1.29, 1.82) is 0 Å². The van der Waals surface area contributed by atoms with Crippen LogP contribution in [0.2, 0.25) is 0 Å². The maximum absolute atomic E-state index is 12.2. The number of hydrogen-bond donors (Lipinski definition) is 3. The first-order valence-electron chi connectivity index (χ1n) is 9.66. The van der Waals surface area contributed by atoms with Crippen LogP contribution in [0.4, 0.5) is 0 Å². The van der Waals surface area contributed by atoms with E-state index >= 15 is 0 Å². The van der Waals surface area contributed by atoms with Crippen molar-refractivity contribution in [1.82, 2.24) is 10.6 Å². The van der Waals surface area contributed by atoms with Crippen LogP contribution in [-0.4, -0.2) is 46.3 Å². The van der Waals surface area contributed by atoms with Gasteiger partial charge in [-0.1, -0.05) is 57.0 Å². The molecule has 0 aliphatic heterocycles. The second kappa shape index (κ2) is 15.3. The fourth-order valence-electron chi connectivity index (χ4n) is 2.90. The molecule has 0 aromatic heterocycles. The molecule has 3 N–H and O–H groups in total. The first-order chi connectivity index (χ1) is 12.5. The third-order valence-corrected chi connectivity index (χ3v) is 5.41. The molecule has 1 unspecified atom stereocenters. The van der Waals surface area contributed by atoms with Crippen LogP contribution >= 0.6 is 24.0 Å². The molecular weight excluding hydrogens is 473 g/mol. The maximum Gasteiger partial charge on any atom is 0.191 e. The summed E-state index contributed by atoms with van der Waals surface area (Å²) in [5.41, 5.74) is 0.359. The Morgan fingerprint density at radius 1 is 1.11 bits per heavy atom. The van der Waals surface area contributed by atoms with Crippen LogP contribution in [0.25, 0.3) is 0 Å². The summed E-state index contributed by atoms with van der Waals surface area (Å²) in [6.45, 7) is 7.89. The van der Waals surface area contributed by atoms with E-state index in [0.717, 1.165) is 37.8 Å². The predicted octanol–water partition coefficient (Wildman–Crippen LogP) is 3.44. The summed E-state index contributed by atoms with van der Waals surface area (Å²) in [6, 6.07) is 9.90. The number of halogens is 1. The van der Waals surface area contributed by atoms with Crippen LogP contribution in [0.15, 0.2) is 35.3 Å². The first-order valence-corrected chi connectivity index (χ1v) is 11.1. The van der Waals surface area contributed by atoms with E-state index in [-0.39, 0.29) is 24.0 Å². The van der Waals surface area contributed by atoms with Gasteiger partial charge < -0.3 is 15.7 Å². The fourth-order valence-corrected chi connectivity index (χ4v) is 3.94. The quantitative estimate of drug-likeness (QED) is 0.229. The van der Waals surface area contributed by atoms with E-state index in [2.05, 4.69) is 29.5 Å². The van der Waals surface area contributed by atoms with Crippen molar-refractivity contribution in [3.8, 4) is 0 Å². The lowest BCUT2D eigenvalue weighted by Crippen LogP contribution is -2.41. The molecule has 1 aromatic carbocycles. The largest absolute Gasteiger partial charge is 0.388 e. The van der Waals surface area contributed by atoms with E-state index in [1.807, 2.05) is 37.3 Å². The lowest BCUT2D eigenvalue weighted by molar-refractivity contribution is 0.0306.